The van der Waals surface area contributed by atoms with Crippen LogP contribution in [0.25, 0.3) is 0 Å². The molecule has 0 bridgehead atoms. The molecule has 1 atom stereocenters. The number of aromatic hydroxyl groups is 1. The van der Waals surface area contributed by atoms with Gasteiger partial charge in [-0.3, -0.25) is 9.69 Å². The Labute approximate surface area is 290 Å². The highest BCUT2D eigenvalue weighted by atomic mass is 16.5. The highest BCUT2D eigenvalue weighted by Gasteiger charge is 2.20. The standard InChI is InChI=1S/C40H62N2O6/c1-4-6-8-10-12-14-16-28-47-38-30-34(31-39(40(38)45)48-29-17-15-13-11-9-7-5-2)36(43)22-23-41-24-26-42(27-25-41)32-37(44)33-18-20-35(46-3)21-19-33/h18-23,30-31,37,44-45H,4-17,24-29,32H2,1-3H3. The molecule has 8 heteroatoms. The zero-order valence-corrected chi connectivity index (χ0v) is 30.0. The molecule has 1 unspecified atom stereocenters. The molecule has 1 saturated heterocycles. The summed E-state index contributed by atoms with van der Waals surface area (Å²) in [6, 6.07) is 10.8. The van der Waals surface area contributed by atoms with Gasteiger partial charge in [-0.1, -0.05) is 103 Å². The van der Waals surface area contributed by atoms with Crippen molar-refractivity contribution in [2.45, 2.75) is 110 Å². The summed E-state index contributed by atoms with van der Waals surface area (Å²) in [4.78, 5) is 17.7. The van der Waals surface area contributed by atoms with Crippen molar-refractivity contribution >= 4 is 5.78 Å². The van der Waals surface area contributed by atoms with E-state index in [2.05, 4.69) is 23.6 Å². The Bertz CT molecular complexity index is 1150. The average Bonchev–Trinajstić information content (AvgIpc) is 3.11. The number of nitrogens with zero attached hydrogens (tertiary/aromatic N) is 2. The van der Waals surface area contributed by atoms with Crippen molar-refractivity contribution in [1.29, 1.82) is 0 Å². The number of aliphatic hydroxyl groups is 1. The van der Waals surface area contributed by atoms with E-state index in [0.29, 0.717) is 36.8 Å². The van der Waals surface area contributed by atoms with E-state index >= 15 is 0 Å². The highest BCUT2D eigenvalue weighted by Crippen LogP contribution is 2.38. The number of carbonyl (C=O) groups excluding carboxylic acids is 1. The lowest BCUT2D eigenvalue weighted by atomic mass is 10.1. The Hall–Kier alpha value is -3.23. The van der Waals surface area contributed by atoms with Crippen LogP contribution in [0.1, 0.15) is 126 Å². The molecule has 0 aliphatic carbocycles. The second-order valence-electron chi connectivity index (χ2n) is 13.1. The zero-order valence-electron chi connectivity index (χ0n) is 30.0. The number of benzene rings is 2. The number of β-amino-alcohol motifs (C(OH)–C–C–N with tert-alkyl or cyclic N) is 1. The predicted molar refractivity (Wildman–Crippen MR) is 195 cm³/mol. The van der Waals surface area contributed by atoms with Crippen molar-refractivity contribution in [3.8, 4) is 23.0 Å². The third kappa shape index (κ3) is 14.5. The number of ketones is 1. The molecule has 0 radical (unpaired) electrons. The van der Waals surface area contributed by atoms with E-state index in [1.165, 1.54) is 64.2 Å². The summed E-state index contributed by atoms with van der Waals surface area (Å²) in [6.07, 6.45) is 19.3. The van der Waals surface area contributed by atoms with E-state index in [1.807, 2.05) is 30.5 Å². The minimum atomic E-state index is -0.571. The van der Waals surface area contributed by atoms with Gasteiger partial charge in [0.25, 0.3) is 0 Å². The Morgan fingerprint density at radius 3 is 1.77 bits per heavy atom. The van der Waals surface area contributed by atoms with Crippen LogP contribution in [0, 0.1) is 0 Å². The molecule has 1 heterocycles. The number of aliphatic hydroxyl groups excluding tert-OH is 1. The Morgan fingerprint density at radius 2 is 1.27 bits per heavy atom. The van der Waals surface area contributed by atoms with Gasteiger partial charge in [0.2, 0.25) is 5.75 Å². The average molecular weight is 667 g/mol. The maximum atomic E-state index is 13.4. The predicted octanol–water partition coefficient (Wildman–Crippen LogP) is 8.71. The number of ether oxygens (including phenoxy) is 3. The SMILES string of the molecule is CCCCCCCCCOc1cc(C(=O)C=CN2CCN(CC(O)c3ccc(OC)cc3)CC2)cc(OCCCCCCCCC)c1O. The number of hydrogen-bond acceptors (Lipinski definition) is 8. The van der Waals surface area contributed by atoms with Crippen molar-refractivity contribution in [1.82, 2.24) is 9.80 Å². The largest absolute Gasteiger partial charge is 0.502 e. The van der Waals surface area contributed by atoms with Crippen LogP contribution >= 0.6 is 0 Å². The molecule has 8 nitrogen and oxygen atoms in total. The van der Waals surface area contributed by atoms with Gasteiger partial charge < -0.3 is 29.3 Å². The van der Waals surface area contributed by atoms with Crippen LogP contribution in [0.4, 0.5) is 0 Å². The van der Waals surface area contributed by atoms with Gasteiger partial charge >= 0.3 is 0 Å². The van der Waals surface area contributed by atoms with Crippen LogP contribution in [0.5, 0.6) is 23.0 Å². The molecule has 0 aromatic heterocycles. The Morgan fingerprint density at radius 1 is 0.771 bits per heavy atom. The quantitative estimate of drug-likeness (QED) is 0.0618. The van der Waals surface area contributed by atoms with Crippen molar-refractivity contribution < 1.29 is 29.2 Å². The normalized spacial score (nSPS) is 14.4. The maximum Gasteiger partial charge on any atom is 0.200 e. The molecule has 2 aromatic rings. The fourth-order valence-corrected chi connectivity index (χ4v) is 5.97. The first-order valence-electron chi connectivity index (χ1n) is 18.6. The van der Waals surface area contributed by atoms with Crippen LogP contribution in [0.15, 0.2) is 48.7 Å². The summed E-state index contributed by atoms with van der Waals surface area (Å²) in [6.45, 7) is 9.08. The van der Waals surface area contributed by atoms with Crippen LogP contribution in [-0.2, 0) is 0 Å². The molecule has 268 valence electrons. The third-order valence-corrected chi connectivity index (χ3v) is 9.11. The lowest BCUT2D eigenvalue weighted by Gasteiger charge is -2.35. The van der Waals surface area contributed by atoms with Crippen LogP contribution in [0.2, 0.25) is 0 Å². The summed E-state index contributed by atoms with van der Waals surface area (Å²) < 4.78 is 17.2. The van der Waals surface area contributed by atoms with E-state index < -0.39 is 6.10 Å². The number of hydrogen-bond donors (Lipinski definition) is 2. The van der Waals surface area contributed by atoms with E-state index in [1.54, 1.807) is 25.3 Å². The molecule has 2 aromatic carbocycles. The summed E-state index contributed by atoms with van der Waals surface area (Å²) in [5, 5.41) is 21.7. The smallest absolute Gasteiger partial charge is 0.200 e. The number of phenols is 1. The first kappa shape index (κ1) is 39.2. The number of phenolic OH excluding ortho intramolecular Hbond substituents is 1. The first-order chi connectivity index (χ1) is 23.4. The van der Waals surface area contributed by atoms with Gasteiger partial charge in [-0.05, 0) is 42.7 Å². The summed E-state index contributed by atoms with van der Waals surface area (Å²) in [5.41, 5.74) is 1.31. The van der Waals surface area contributed by atoms with E-state index in [9.17, 15) is 15.0 Å². The number of allylic oxidation sites excluding steroid dienone is 1. The van der Waals surface area contributed by atoms with Crippen LogP contribution in [-0.4, -0.2) is 78.8 Å². The van der Waals surface area contributed by atoms with Crippen molar-refractivity contribution in [3.05, 3.63) is 59.8 Å². The van der Waals surface area contributed by atoms with Gasteiger partial charge in [-0.15, -0.1) is 0 Å². The van der Waals surface area contributed by atoms with Gasteiger partial charge in [0.05, 0.1) is 26.4 Å². The molecule has 1 aliphatic rings. The number of unbranched alkanes of at least 4 members (excludes halogenated alkanes) is 12. The lowest BCUT2D eigenvalue weighted by Crippen LogP contribution is -2.45. The summed E-state index contributed by atoms with van der Waals surface area (Å²) in [7, 11) is 1.63. The van der Waals surface area contributed by atoms with Gasteiger partial charge in [0.15, 0.2) is 17.3 Å². The molecule has 0 amide bonds. The monoisotopic (exact) mass is 666 g/mol. The number of piperazine rings is 1. The number of carbonyl (C=O) groups is 1. The van der Waals surface area contributed by atoms with Crippen molar-refractivity contribution in [2.24, 2.45) is 0 Å². The fraction of sp³-hybridized carbons (Fsp3) is 0.625. The molecule has 0 saturated carbocycles. The van der Waals surface area contributed by atoms with E-state index in [-0.39, 0.29) is 11.5 Å². The van der Waals surface area contributed by atoms with E-state index in [4.69, 9.17) is 14.2 Å². The molecule has 48 heavy (non-hydrogen) atoms. The topological polar surface area (TPSA) is 91.7 Å². The molecular formula is C40H62N2O6. The van der Waals surface area contributed by atoms with Crippen molar-refractivity contribution in [2.75, 3.05) is 53.0 Å². The molecule has 2 N–H and O–H groups in total. The van der Waals surface area contributed by atoms with Gasteiger partial charge in [-0.2, -0.15) is 0 Å². The Balaban J connectivity index is 1.53. The second-order valence-corrected chi connectivity index (χ2v) is 13.1. The number of rotatable bonds is 25. The number of methoxy groups -OCH3 is 1. The van der Waals surface area contributed by atoms with Crippen LogP contribution < -0.4 is 14.2 Å². The minimum absolute atomic E-state index is 0.0330. The van der Waals surface area contributed by atoms with Crippen molar-refractivity contribution in [3.63, 3.8) is 0 Å². The van der Waals surface area contributed by atoms with E-state index in [0.717, 1.165) is 63.2 Å². The summed E-state index contributed by atoms with van der Waals surface area (Å²) >= 11 is 0. The lowest BCUT2D eigenvalue weighted by molar-refractivity contribution is 0.0852. The molecule has 1 aliphatic heterocycles. The molecule has 1 fully saturated rings. The minimum Gasteiger partial charge on any atom is -0.502 e. The first-order valence-corrected chi connectivity index (χ1v) is 18.6. The van der Waals surface area contributed by atoms with Gasteiger partial charge in [0, 0.05) is 50.6 Å². The zero-order chi connectivity index (χ0) is 34.4. The third-order valence-electron chi connectivity index (χ3n) is 9.11. The molecule has 0 spiro atoms. The summed E-state index contributed by atoms with van der Waals surface area (Å²) in [5.74, 6) is 1.19. The highest BCUT2D eigenvalue weighted by molar-refractivity contribution is 6.05. The second kappa shape index (κ2) is 23.2. The Kier molecular flexibility index (Phi) is 18.9. The van der Waals surface area contributed by atoms with Gasteiger partial charge in [0.1, 0.15) is 5.75 Å². The fourth-order valence-electron chi connectivity index (χ4n) is 5.97. The van der Waals surface area contributed by atoms with Gasteiger partial charge in [-0.25, -0.2) is 0 Å². The maximum absolute atomic E-state index is 13.4. The van der Waals surface area contributed by atoms with Crippen LogP contribution in [0.3, 0.4) is 0 Å². The molecular weight excluding hydrogens is 604 g/mol. The molecule has 3 rings (SSSR count).